The molecule has 192 valence electrons. The van der Waals surface area contributed by atoms with Crippen LogP contribution in [0.4, 0.5) is 0 Å². The van der Waals surface area contributed by atoms with E-state index in [0.29, 0.717) is 0 Å². The molecule has 0 aromatic heterocycles. The molecule has 0 aliphatic heterocycles. The third kappa shape index (κ3) is 25.3. The maximum absolute atomic E-state index is 11.4. The summed E-state index contributed by atoms with van der Waals surface area (Å²) in [6.07, 6.45) is 29.3. The van der Waals surface area contributed by atoms with Gasteiger partial charge >= 0.3 is 29.6 Å². The predicted molar refractivity (Wildman–Crippen MR) is 139 cm³/mol. The van der Waals surface area contributed by atoms with Crippen LogP contribution in [0.25, 0.3) is 0 Å². The Kier molecular flexibility index (Phi) is 30.9. The first-order valence-electron chi connectivity index (χ1n) is 14.6. The van der Waals surface area contributed by atoms with E-state index in [1.165, 1.54) is 128 Å². The SMILES string of the molecule is CCCCCCCCCCCCCN(CCCCCCCCCCCCC)C(C)C(=O)[O-].[Na+]. The van der Waals surface area contributed by atoms with E-state index in [-0.39, 0.29) is 29.6 Å². The molecule has 0 fully saturated rings. The largest absolute Gasteiger partial charge is 1.00 e. The molecule has 0 N–H and O–H groups in total. The minimum atomic E-state index is -0.920. The topological polar surface area (TPSA) is 43.4 Å². The summed E-state index contributed by atoms with van der Waals surface area (Å²) in [7, 11) is 0. The fourth-order valence-electron chi connectivity index (χ4n) is 4.61. The number of carboxylic acids is 1. The van der Waals surface area contributed by atoms with Gasteiger partial charge in [-0.05, 0) is 32.9 Å². The van der Waals surface area contributed by atoms with Gasteiger partial charge in [0.15, 0.2) is 0 Å². The number of carbonyl (C=O) groups excluding carboxylic acids is 1. The van der Waals surface area contributed by atoms with E-state index >= 15 is 0 Å². The van der Waals surface area contributed by atoms with Gasteiger partial charge in [0.05, 0.1) is 5.97 Å². The summed E-state index contributed by atoms with van der Waals surface area (Å²) in [6, 6.07) is -0.457. The van der Waals surface area contributed by atoms with Gasteiger partial charge in [-0.2, -0.15) is 0 Å². The molecule has 0 aromatic rings. The first kappa shape index (κ1) is 35.6. The molecule has 4 heteroatoms. The molecule has 0 radical (unpaired) electrons. The maximum Gasteiger partial charge on any atom is 1.00 e. The number of hydrogen-bond donors (Lipinski definition) is 0. The van der Waals surface area contributed by atoms with Crippen LogP contribution in [0.5, 0.6) is 0 Å². The Bertz CT molecular complexity index is 366. The van der Waals surface area contributed by atoms with Crippen LogP contribution in [0.15, 0.2) is 0 Å². The van der Waals surface area contributed by atoms with Gasteiger partial charge in [-0.25, -0.2) is 0 Å². The molecule has 0 amide bonds. The zero-order valence-electron chi connectivity index (χ0n) is 23.3. The Labute approximate surface area is 230 Å². The number of carboxylic acid groups (broad SMARTS) is 1. The Balaban J connectivity index is 0. The van der Waals surface area contributed by atoms with Gasteiger partial charge in [-0.1, -0.05) is 142 Å². The van der Waals surface area contributed by atoms with Crippen LogP contribution in [0.3, 0.4) is 0 Å². The molecular formula is C29H58NNaO2. The van der Waals surface area contributed by atoms with Crippen molar-refractivity contribution < 1.29 is 39.5 Å². The van der Waals surface area contributed by atoms with Crippen LogP contribution < -0.4 is 34.7 Å². The van der Waals surface area contributed by atoms with E-state index < -0.39 is 12.0 Å². The molecule has 0 aromatic carbocycles. The second-order valence-electron chi connectivity index (χ2n) is 10.1. The monoisotopic (exact) mass is 475 g/mol. The van der Waals surface area contributed by atoms with E-state index in [1.54, 1.807) is 6.92 Å². The Morgan fingerprint density at radius 3 is 1.03 bits per heavy atom. The minimum Gasteiger partial charge on any atom is -0.548 e. The van der Waals surface area contributed by atoms with Crippen molar-refractivity contribution in [3.63, 3.8) is 0 Å². The zero-order valence-corrected chi connectivity index (χ0v) is 25.3. The fraction of sp³-hybridized carbons (Fsp3) is 0.966. The van der Waals surface area contributed by atoms with Crippen LogP contribution in [0, 0.1) is 0 Å². The second-order valence-corrected chi connectivity index (χ2v) is 10.1. The molecule has 0 saturated carbocycles. The van der Waals surface area contributed by atoms with Crippen LogP contribution in [-0.2, 0) is 4.79 Å². The van der Waals surface area contributed by atoms with E-state index in [0.717, 1.165) is 25.9 Å². The van der Waals surface area contributed by atoms with Crippen molar-refractivity contribution in [2.45, 2.75) is 168 Å². The van der Waals surface area contributed by atoms with Crippen molar-refractivity contribution in [2.75, 3.05) is 13.1 Å². The van der Waals surface area contributed by atoms with E-state index in [2.05, 4.69) is 18.7 Å². The molecule has 0 aliphatic carbocycles. The summed E-state index contributed by atoms with van der Waals surface area (Å²) in [5.41, 5.74) is 0. The molecule has 0 aliphatic rings. The van der Waals surface area contributed by atoms with Crippen LogP contribution in [0.2, 0.25) is 0 Å². The normalized spacial score (nSPS) is 12.1. The summed E-state index contributed by atoms with van der Waals surface area (Å²) in [6.45, 7) is 8.15. The number of carbonyl (C=O) groups is 1. The first-order valence-corrected chi connectivity index (χ1v) is 14.6. The van der Waals surface area contributed by atoms with Crippen LogP contribution in [0.1, 0.15) is 162 Å². The summed E-state index contributed by atoms with van der Waals surface area (Å²) in [5, 5.41) is 11.4. The predicted octanol–water partition coefficient (Wildman–Crippen LogP) is 5.05. The standard InChI is InChI=1S/C29H59NO2.Na/c1-4-6-8-10-12-14-16-18-20-22-24-26-30(28(3)29(31)32)27-25-23-21-19-17-15-13-11-9-7-5-2;/h28H,4-27H2,1-3H3,(H,31,32);/q;+1/p-1. The molecule has 0 rings (SSSR count). The number of rotatable bonds is 26. The van der Waals surface area contributed by atoms with E-state index in [1.807, 2.05) is 0 Å². The summed E-state index contributed by atoms with van der Waals surface area (Å²) in [5.74, 6) is -0.920. The Hall–Kier alpha value is 0.430. The minimum absolute atomic E-state index is 0. The van der Waals surface area contributed by atoms with Gasteiger partial charge < -0.3 is 9.90 Å². The van der Waals surface area contributed by atoms with Crippen LogP contribution in [-0.4, -0.2) is 30.0 Å². The van der Waals surface area contributed by atoms with Gasteiger partial charge in [-0.15, -0.1) is 0 Å². The van der Waals surface area contributed by atoms with Crippen molar-refractivity contribution in [3.05, 3.63) is 0 Å². The number of nitrogens with zero attached hydrogens (tertiary/aromatic N) is 1. The molecule has 3 nitrogen and oxygen atoms in total. The van der Waals surface area contributed by atoms with Gasteiger partial charge in [0.1, 0.15) is 0 Å². The Morgan fingerprint density at radius 2 is 0.788 bits per heavy atom. The summed E-state index contributed by atoms with van der Waals surface area (Å²) < 4.78 is 0. The molecular weight excluding hydrogens is 417 g/mol. The number of unbranched alkanes of at least 4 members (excludes halogenated alkanes) is 20. The molecule has 0 heterocycles. The van der Waals surface area contributed by atoms with Gasteiger partial charge in [-0.3, -0.25) is 4.90 Å². The van der Waals surface area contributed by atoms with E-state index in [4.69, 9.17) is 0 Å². The van der Waals surface area contributed by atoms with Crippen molar-refractivity contribution in [1.29, 1.82) is 0 Å². The van der Waals surface area contributed by atoms with Crippen molar-refractivity contribution in [1.82, 2.24) is 4.90 Å². The second kappa shape index (κ2) is 28.7. The molecule has 1 atom stereocenters. The van der Waals surface area contributed by atoms with Crippen LogP contribution >= 0.6 is 0 Å². The smallest absolute Gasteiger partial charge is 0.548 e. The average Bonchev–Trinajstić information content (AvgIpc) is 2.79. The quantitative estimate of drug-likeness (QED) is 0.130. The van der Waals surface area contributed by atoms with Gasteiger partial charge in [0.25, 0.3) is 0 Å². The third-order valence-corrected chi connectivity index (χ3v) is 6.99. The maximum atomic E-state index is 11.4. The summed E-state index contributed by atoms with van der Waals surface area (Å²) in [4.78, 5) is 13.5. The molecule has 0 bridgehead atoms. The Morgan fingerprint density at radius 1 is 0.545 bits per heavy atom. The fourth-order valence-corrected chi connectivity index (χ4v) is 4.61. The zero-order chi connectivity index (χ0) is 23.7. The third-order valence-electron chi connectivity index (χ3n) is 6.99. The first-order chi connectivity index (χ1) is 15.6. The average molecular weight is 476 g/mol. The molecule has 0 saturated heterocycles. The van der Waals surface area contributed by atoms with Crippen molar-refractivity contribution in [3.8, 4) is 0 Å². The van der Waals surface area contributed by atoms with Crippen molar-refractivity contribution in [2.24, 2.45) is 0 Å². The molecule has 0 spiro atoms. The van der Waals surface area contributed by atoms with E-state index in [9.17, 15) is 9.90 Å². The van der Waals surface area contributed by atoms with Gasteiger partial charge in [0.2, 0.25) is 0 Å². The van der Waals surface area contributed by atoms with Gasteiger partial charge in [0, 0.05) is 6.04 Å². The molecule has 1 unspecified atom stereocenters. The number of hydrogen-bond acceptors (Lipinski definition) is 3. The van der Waals surface area contributed by atoms with Crippen molar-refractivity contribution >= 4 is 5.97 Å². The summed E-state index contributed by atoms with van der Waals surface area (Å²) >= 11 is 0. The number of aliphatic carboxylic acids is 1. The molecule has 33 heavy (non-hydrogen) atoms.